The Morgan fingerprint density at radius 1 is 0.909 bits per heavy atom. The number of amides is 2. The molecular formula is C17H16N2O2S. The summed E-state index contributed by atoms with van der Waals surface area (Å²) in [7, 11) is 0. The maximum absolute atomic E-state index is 12.2. The summed E-state index contributed by atoms with van der Waals surface area (Å²) in [4.78, 5) is 30.9. The molecule has 0 fully saturated rings. The number of aromatic nitrogens is 1. The number of nitrogens with zero attached hydrogens (tertiary/aromatic N) is 2. The van der Waals surface area contributed by atoms with Crippen LogP contribution in [0.2, 0.25) is 0 Å². The lowest BCUT2D eigenvalue weighted by Crippen LogP contribution is -2.30. The average molecular weight is 312 g/mol. The van der Waals surface area contributed by atoms with Crippen molar-refractivity contribution in [2.75, 3.05) is 12.3 Å². The van der Waals surface area contributed by atoms with Gasteiger partial charge >= 0.3 is 0 Å². The zero-order valence-corrected chi connectivity index (χ0v) is 12.9. The molecule has 0 bridgehead atoms. The van der Waals surface area contributed by atoms with Gasteiger partial charge in [-0.05, 0) is 42.9 Å². The molecule has 5 heteroatoms. The normalized spacial score (nSPS) is 13.5. The lowest BCUT2D eigenvalue weighted by atomic mass is 10.1. The number of unbranched alkanes of at least 4 members (excludes halogenated alkanes) is 1. The molecule has 1 aliphatic heterocycles. The van der Waals surface area contributed by atoms with Crippen LogP contribution in [0.15, 0.2) is 53.7 Å². The Hall–Kier alpha value is -2.14. The van der Waals surface area contributed by atoms with Crippen LogP contribution in [0.3, 0.4) is 0 Å². The quantitative estimate of drug-likeness (QED) is 0.467. The van der Waals surface area contributed by atoms with Gasteiger partial charge in [0.25, 0.3) is 11.8 Å². The molecule has 2 amide bonds. The van der Waals surface area contributed by atoms with E-state index in [-0.39, 0.29) is 11.8 Å². The van der Waals surface area contributed by atoms with E-state index < -0.39 is 0 Å². The summed E-state index contributed by atoms with van der Waals surface area (Å²) in [5.41, 5.74) is 1.05. The highest BCUT2D eigenvalue weighted by molar-refractivity contribution is 7.99. The molecule has 0 unspecified atom stereocenters. The minimum atomic E-state index is -0.164. The molecule has 2 heterocycles. The highest BCUT2D eigenvalue weighted by atomic mass is 32.2. The standard InChI is InChI=1S/C17H16N2O2S/c20-16-14-5-1-2-6-15(14)17(21)19(16)11-3-4-12-22-13-7-9-18-10-8-13/h1-2,5-10H,3-4,11-12H2. The Morgan fingerprint density at radius 3 is 2.18 bits per heavy atom. The summed E-state index contributed by atoms with van der Waals surface area (Å²) in [6.45, 7) is 0.489. The zero-order chi connectivity index (χ0) is 15.4. The van der Waals surface area contributed by atoms with E-state index in [2.05, 4.69) is 4.98 Å². The summed E-state index contributed by atoms with van der Waals surface area (Å²) in [6.07, 6.45) is 5.34. The number of fused-ring (bicyclic) bond motifs is 1. The van der Waals surface area contributed by atoms with Gasteiger partial charge in [0, 0.05) is 23.8 Å². The van der Waals surface area contributed by atoms with Crippen LogP contribution in [0.5, 0.6) is 0 Å². The minimum absolute atomic E-state index is 0.164. The van der Waals surface area contributed by atoms with Crippen LogP contribution >= 0.6 is 11.8 Å². The summed E-state index contributed by atoms with van der Waals surface area (Å²) in [5, 5.41) is 0. The van der Waals surface area contributed by atoms with E-state index in [1.165, 1.54) is 9.80 Å². The maximum Gasteiger partial charge on any atom is 0.261 e. The molecule has 22 heavy (non-hydrogen) atoms. The van der Waals surface area contributed by atoms with Gasteiger partial charge in [0.05, 0.1) is 11.1 Å². The van der Waals surface area contributed by atoms with Gasteiger partial charge in [0.2, 0.25) is 0 Å². The summed E-state index contributed by atoms with van der Waals surface area (Å²) < 4.78 is 0. The second kappa shape index (κ2) is 6.75. The fourth-order valence-electron chi connectivity index (χ4n) is 2.44. The van der Waals surface area contributed by atoms with Gasteiger partial charge in [0.15, 0.2) is 0 Å². The highest BCUT2D eigenvalue weighted by Gasteiger charge is 2.34. The molecule has 1 aromatic carbocycles. The number of rotatable bonds is 6. The number of thioether (sulfide) groups is 1. The Labute approximate surface area is 133 Å². The lowest BCUT2D eigenvalue weighted by molar-refractivity contribution is 0.0652. The predicted octanol–water partition coefficient (Wildman–Crippen LogP) is 3.25. The third-order valence-electron chi connectivity index (χ3n) is 3.57. The average Bonchev–Trinajstić information content (AvgIpc) is 2.81. The number of imide groups is 1. The molecule has 3 rings (SSSR count). The third-order valence-corrected chi connectivity index (χ3v) is 4.67. The lowest BCUT2D eigenvalue weighted by Gasteiger charge is -2.13. The van der Waals surface area contributed by atoms with Crippen LogP contribution in [0.1, 0.15) is 33.6 Å². The predicted molar refractivity (Wildman–Crippen MR) is 86.0 cm³/mol. The Morgan fingerprint density at radius 2 is 1.55 bits per heavy atom. The molecule has 0 atom stereocenters. The molecule has 0 N–H and O–H groups in total. The molecule has 4 nitrogen and oxygen atoms in total. The van der Waals surface area contributed by atoms with Crippen LogP contribution in [0.25, 0.3) is 0 Å². The number of pyridine rings is 1. The molecule has 112 valence electrons. The fraction of sp³-hybridized carbons (Fsp3) is 0.235. The first-order valence-corrected chi connectivity index (χ1v) is 8.24. The molecule has 0 spiro atoms. The van der Waals surface area contributed by atoms with E-state index in [0.29, 0.717) is 17.7 Å². The van der Waals surface area contributed by atoms with Crippen molar-refractivity contribution in [2.45, 2.75) is 17.7 Å². The van der Waals surface area contributed by atoms with Crippen LogP contribution in [0.4, 0.5) is 0 Å². The SMILES string of the molecule is O=C1c2ccccc2C(=O)N1CCCCSc1ccncc1. The van der Waals surface area contributed by atoms with Gasteiger partial charge < -0.3 is 0 Å². The first-order chi connectivity index (χ1) is 10.8. The summed E-state index contributed by atoms with van der Waals surface area (Å²) in [6, 6.07) is 11.0. The van der Waals surface area contributed by atoms with Crippen molar-refractivity contribution in [3.05, 3.63) is 59.9 Å². The Balaban J connectivity index is 1.47. The second-order valence-electron chi connectivity index (χ2n) is 5.05. The summed E-state index contributed by atoms with van der Waals surface area (Å²) >= 11 is 1.76. The summed E-state index contributed by atoms with van der Waals surface area (Å²) in [5.74, 6) is 0.637. The second-order valence-corrected chi connectivity index (χ2v) is 6.21. The number of benzene rings is 1. The first-order valence-electron chi connectivity index (χ1n) is 7.25. The van der Waals surface area contributed by atoms with Crippen LogP contribution in [0, 0.1) is 0 Å². The number of carbonyl (C=O) groups is 2. The van der Waals surface area contributed by atoms with E-state index in [1.54, 1.807) is 48.4 Å². The van der Waals surface area contributed by atoms with Gasteiger partial charge in [-0.2, -0.15) is 0 Å². The molecule has 1 aliphatic rings. The van der Waals surface area contributed by atoms with Crippen LogP contribution in [-0.4, -0.2) is 34.0 Å². The molecular weight excluding hydrogens is 296 g/mol. The minimum Gasteiger partial charge on any atom is -0.274 e. The number of hydrogen-bond acceptors (Lipinski definition) is 4. The van der Waals surface area contributed by atoms with Gasteiger partial charge in [-0.3, -0.25) is 19.5 Å². The van der Waals surface area contributed by atoms with Gasteiger partial charge in [0.1, 0.15) is 0 Å². The monoisotopic (exact) mass is 312 g/mol. The first kappa shape index (κ1) is 14.8. The van der Waals surface area contributed by atoms with E-state index in [4.69, 9.17) is 0 Å². The van der Waals surface area contributed by atoms with Crippen molar-refractivity contribution in [3.8, 4) is 0 Å². The number of carbonyl (C=O) groups excluding carboxylic acids is 2. The van der Waals surface area contributed by atoms with Crippen molar-refractivity contribution >= 4 is 23.6 Å². The Kier molecular flexibility index (Phi) is 4.53. The maximum atomic E-state index is 12.2. The highest BCUT2D eigenvalue weighted by Crippen LogP contribution is 2.23. The zero-order valence-electron chi connectivity index (χ0n) is 12.1. The van der Waals surface area contributed by atoms with Crippen LogP contribution < -0.4 is 0 Å². The van der Waals surface area contributed by atoms with Crippen molar-refractivity contribution in [1.29, 1.82) is 0 Å². The van der Waals surface area contributed by atoms with Gasteiger partial charge in [-0.25, -0.2) is 0 Å². The molecule has 0 aliphatic carbocycles. The fourth-order valence-corrected chi connectivity index (χ4v) is 3.34. The topological polar surface area (TPSA) is 50.3 Å². The molecule has 0 saturated heterocycles. The molecule has 0 saturated carbocycles. The molecule has 2 aromatic rings. The van der Waals surface area contributed by atoms with E-state index in [1.807, 2.05) is 12.1 Å². The largest absolute Gasteiger partial charge is 0.274 e. The smallest absolute Gasteiger partial charge is 0.261 e. The van der Waals surface area contributed by atoms with E-state index in [9.17, 15) is 9.59 Å². The van der Waals surface area contributed by atoms with Crippen LogP contribution in [-0.2, 0) is 0 Å². The Bertz CT molecular complexity index is 653. The molecule has 1 aromatic heterocycles. The number of hydrogen-bond donors (Lipinski definition) is 0. The van der Waals surface area contributed by atoms with Gasteiger partial charge in [-0.1, -0.05) is 12.1 Å². The van der Waals surface area contributed by atoms with Crippen molar-refractivity contribution < 1.29 is 9.59 Å². The van der Waals surface area contributed by atoms with Crippen molar-refractivity contribution in [2.24, 2.45) is 0 Å². The van der Waals surface area contributed by atoms with Crippen molar-refractivity contribution in [1.82, 2.24) is 9.88 Å². The van der Waals surface area contributed by atoms with Gasteiger partial charge in [-0.15, -0.1) is 11.8 Å². The third kappa shape index (κ3) is 3.04. The van der Waals surface area contributed by atoms with E-state index in [0.717, 1.165) is 18.6 Å². The van der Waals surface area contributed by atoms with Crippen molar-refractivity contribution in [3.63, 3.8) is 0 Å². The van der Waals surface area contributed by atoms with E-state index >= 15 is 0 Å². The molecule has 0 radical (unpaired) electrons.